The highest BCUT2D eigenvalue weighted by Crippen LogP contribution is 2.19. The van der Waals surface area contributed by atoms with Crippen LogP contribution in [-0.2, 0) is 4.74 Å². The van der Waals surface area contributed by atoms with Crippen molar-refractivity contribution in [2.24, 2.45) is 5.84 Å². The van der Waals surface area contributed by atoms with Crippen LogP contribution >= 0.6 is 0 Å². The minimum Gasteiger partial charge on any atom is -0.494 e. The SMILES string of the molecule is CCCOCC(NN)c1cccc(OCCC)c1. The van der Waals surface area contributed by atoms with Crippen molar-refractivity contribution in [1.29, 1.82) is 0 Å². The topological polar surface area (TPSA) is 56.5 Å². The molecule has 0 saturated heterocycles. The highest BCUT2D eigenvalue weighted by atomic mass is 16.5. The molecule has 0 spiro atoms. The molecule has 1 aromatic rings. The molecule has 0 aliphatic rings. The lowest BCUT2D eigenvalue weighted by Crippen LogP contribution is -2.31. The third-order valence-corrected chi connectivity index (χ3v) is 2.57. The van der Waals surface area contributed by atoms with E-state index in [0.717, 1.165) is 37.4 Å². The van der Waals surface area contributed by atoms with E-state index in [1.54, 1.807) is 0 Å². The summed E-state index contributed by atoms with van der Waals surface area (Å²) in [5, 5.41) is 0. The summed E-state index contributed by atoms with van der Waals surface area (Å²) in [5.74, 6) is 6.45. The van der Waals surface area contributed by atoms with Crippen LogP contribution in [-0.4, -0.2) is 19.8 Å². The molecule has 0 radical (unpaired) electrons. The highest BCUT2D eigenvalue weighted by Gasteiger charge is 2.10. The van der Waals surface area contributed by atoms with Gasteiger partial charge in [0, 0.05) is 6.61 Å². The van der Waals surface area contributed by atoms with Gasteiger partial charge < -0.3 is 9.47 Å². The molecule has 4 nitrogen and oxygen atoms in total. The number of hydrogen-bond donors (Lipinski definition) is 2. The fraction of sp³-hybridized carbons (Fsp3) is 0.571. The van der Waals surface area contributed by atoms with Crippen LogP contribution in [0.15, 0.2) is 24.3 Å². The third-order valence-electron chi connectivity index (χ3n) is 2.57. The highest BCUT2D eigenvalue weighted by molar-refractivity contribution is 5.30. The van der Waals surface area contributed by atoms with E-state index in [9.17, 15) is 0 Å². The van der Waals surface area contributed by atoms with Gasteiger partial charge in [0.15, 0.2) is 0 Å². The van der Waals surface area contributed by atoms with E-state index in [-0.39, 0.29) is 6.04 Å². The molecule has 0 aliphatic carbocycles. The van der Waals surface area contributed by atoms with Gasteiger partial charge in [-0.15, -0.1) is 0 Å². The molecule has 0 aromatic heterocycles. The minimum absolute atomic E-state index is 0.00160. The molecule has 0 bridgehead atoms. The quantitative estimate of drug-likeness (QED) is 0.402. The number of hydrazine groups is 1. The molecule has 3 N–H and O–H groups in total. The average molecular weight is 252 g/mol. The van der Waals surface area contributed by atoms with Gasteiger partial charge in [-0.2, -0.15) is 0 Å². The summed E-state index contributed by atoms with van der Waals surface area (Å²) in [6.45, 7) is 6.24. The zero-order valence-corrected chi connectivity index (χ0v) is 11.3. The van der Waals surface area contributed by atoms with Crippen LogP contribution in [0.1, 0.15) is 38.3 Å². The standard InChI is InChI=1S/C14H24N2O2/c1-3-8-17-11-14(16-15)12-6-5-7-13(10-12)18-9-4-2/h5-7,10,14,16H,3-4,8-9,11,15H2,1-2H3. The molecule has 1 aromatic carbocycles. The molecule has 4 heteroatoms. The Hall–Kier alpha value is -1.10. The van der Waals surface area contributed by atoms with Crippen LogP contribution in [0.25, 0.3) is 0 Å². The second kappa shape index (κ2) is 8.91. The van der Waals surface area contributed by atoms with E-state index in [1.165, 1.54) is 0 Å². The van der Waals surface area contributed by atoms with Gasteiger partial charge >= 0.3 is 0 Å². The van der Waals surface area contributed by atoms with Crippen molar-refractivity contribution in [2.75, 3.05) is 19.8 Å². The molecule has 102 valence electrons. The Balaban J connectivity index is 2.60. The summed E-state index contributed by atoms with van der Waals surface area (Å²) in [7, 11) is 0. The first kappa shape index (κ1) is 15.0. The van der Waals surface area contributed by atoms with Crippen LogP contribution < -0.4 is 16.0 Å². The summed E-state index contributed by atoms with van der Waals surface area (Å²) in [5.41, 5.74) is 3.87. The molecule has 1 atom stereocenters. The van der Waals surface area contributed by atoms with Gasteiger partial charge in [0.1, 0.15) is 5.75 Å². The Morgan fingerprint density at radius 1 is 1.22 bits per heavy atom. The number of hydrogen-bond acceptors (Lipinski definition) is 4. The molecule has 0 aliphatic heterocycles. The molecule has 0 heterocycles. The maximum atomic E-state index is 5.61. The maximum Gasteiger partial charge on any atom is 0.119 e. The van der Waals surface area contributed by atoms with Crippen LogP contribution in [0.2, 0.25) is 0 Å². The second-order valence-corrected chi connectivity index (χ2v) is 4.22. The summed E-state index contributed by atoms with van der Waals surface area (Å²) < 4.78 is 11.1. The predicted octanol–water partition coefficient (Wildman–Crippen LogP) is 2.41. The summed E-state index contributed by atoms with van der Waals surface area (Å²) in [4.78, 5) is 0. The normalized spacial score (nSPS) is 12.4. The van der Waals surface area contributed by atoms with Crippen molar-refractivity contribution < 1.29 is 9.47 Å². The van der Waals surface area contributed by atoms with Gasteiger partial charge in [-0.05, 0) is 30.5 Å². The largest absolute Gasteiger partial charge is 0.494 e. The first-order chi connectivity index (χ1) is 8.81. The second-order valence-electron chi connectivity index (χ2n) is 4.22. The van der Waals surface area contributed by atoms with Crippen LogP contribution in [0.3, 0.4) is 0 Å². The predicted molar refractivity (Wildman–Crippen MR) is 73.4 cm³/mol. The van der Waals surface area contributed by atoms with Crippen molar-refractivity contribution in [2.45, 2.75) is 32.7 Å². The molecular weight excluding hydrogens is 228 g/mol. The third kappa shape index (κ3) is 5.04. The van der Waals surface area contributed by atoms with Crippen molar-refractivity contribution in [1.82, 2.24) is 5.43 Å². The fourth-order valence-electron chi connectivity index (χ4n) is 1.63. The lowest BCUT2D eigenvalue weighted by molar-refractivity contribution is 0.112. The van der Waals surface area contributed by atoms with Gasteiger partial charge in [0.05, 0.1) is 19.3 Å². The first-order valence-corrected chi connectivity index (χ1v) is 6.58. The van der Waals surface area contributed by atoms with E-state index >= 15 is 0 Å². The lowest BCUT2D eigenvalue weighted by atomic mass is 10.1. The van der Waals surface area contributed by atoms with E-state index < -0.39 is 0 Å². The lowest BCUT2D eigenvalue weighted by Gasteiger charge is -2.17. The Morgan fingerprint density at radius 2 is 2.00 bits per heavy atom. The molecule has 1 unspecified atom stereocenters. The van der Waals surface area contributed by atoms with Gasteiger partial charge in [0.25, 0.3) is 0 Å². The molecular formula is C14H24N2O2. The molecule has 1 rings (SSSR count). The van der Waals surface area contributed by atoms with Gasteiger partial charge in [-0.25, -0.2) is 0 Å². The van der Waals surface area contributed by atoms with Crippen molar-refractivity contribution >= 4 is 0 Å². The summed E-state index contributed by atoms with van der Waals surface area (Å²) in [6, 6.07) is 7.97. The molecule has 0 fully saturated rings. The van der Waals surface area contributed by atoms with Crippen molar-refractivity contribution in [3.63, 3.8) is 0 Å². The fourth-order valence-corrected chi connectivity index (χ4v) is 1.63. The average Bonchev–Trinajstić information content (AvgIpc) is 2.42. The van der Waals surface area contributed by atoms with Gasteiger partial charge in [-0.3, -0.25) is 11.3 Å². The van der Waals surface area contributed by atoms with E-state index in [0.29, 0.717) is 6.61 Å². The Labute approximate surface area is 109 Å². The molecule has 18 heavy (non-hydrogen) atoms. The van der Waals surface area contributed by atoms with Crippen LogP contribution in [0.5, 0.6) is 5.75 Å². The van der Waals surface area contributed by atoms with E-state index in [2.05, 4.69) is 19.3 Å². The first-order valence-electron chi connectivity index (χ1n) is 6.58. The van der Waals surface area contributed by atoms with Crippen LogP contribution in [0, 0.1) is 0 Å². The van der Waals surface area contributed by atoms with Crippen LogP contribution in [0.4, 0.5) is 0 Å². The number of rotatable bonds is 9. The number of ether oxygens (including phenoxy) is 2. The monoisotopic (exact) mass is 252 g/mol. The van der Waals surface area contributed by atoms with E-state index in [1.807, 2.05) is 24.3 Å². The van der Waals surface area contributed by atoms with Gasteiger partial charge in [-0.1, -0.05) is 26.0 Å². The van der Waals surface area contributed by atoms with Crippen molar-refractivity contribution in [3.05, 3.63) is 29.8 Å². The summed E-state index contributed by atoms with van der Waals surface area (Å²) in [6.07, 6.45) is 2.01. The van der Waals surface area contributed by atoms with Gasteiger partial charge in [0.2, 0.25) is 0 Å². The smallest absolute Gasteiger partial charge is 0.119 e. The van der Waals surface area contributed by atoms with Crippen molar-refractivity contribution in [3.8, 4) is 5.75 Å². The number of nitrogens with two attached hydrogens (primary N) is 1. The Kier molecular flexibility index (Phi) is 7.41. The number of benzene rings is 1. The molecule has 0 saturated carbocycles. The zero-order chi connectivity index (χ0) is 13.2. The number of nitrogens with one attached hydrogen (secondary N) is 1. The molecule has 0 amide bonds. The van der Waals surface area contributed by atoms with E-state index in [4.69, 9.17) is 15.3 Å². The maximum absolute atomic E-state index is 5.61. The Morgan fingerprint density at radius 3 is 2.67 bits per heavy atom. The Bertz CT molecular complexity index is 331. The zero-order valence-electron chi connectivity index (χ0n) is 11.3. The summed E-state index contributed by atoms with van der Waals surface area (Å²) >= 11 is 0. The minimum atomic E-state index is 0.00160.